The maximum atomic E-state index is 11.7. The van der Waals surface area contributed by atoms with Crippen molar-refractivity contribution in [3.05, 3.63) is 53.3 Å². The highest BCUT2D eigenvalue weighted by atomic mass is 79.9. The summed E-state index contributed by atoms with van der Waals surface area (Å²) in [4.78, 5) is 23.4. The van der Waals surface area contributed by atoms with Gasteiger partial charge >= 0.3 is 11.9 Å². The van der Waals surface area contributed by atoms with Crippen LogP contribution in [0.25, 0.3) is 0 Å². The van der Waals surface area contributed by atoms with Crippen molar-refractivity contribution in [1.29, 1.82) is 0 Å². The van der Waals surface area contributed by atoms with Gasteiger partial charge in [0.15, 0.2) is 11.5 Å². The van der Waals surface area contributed by atoms with Gasteiger partial charge in [0.25, 0.3) is 0 Å². The van der Waals surface area contributed by atoms with Crippen LogP contribution in [0.2, 0.25) is 0 Å². The fourth-order valence-corrected chi connectivity index (χ4v) is 5.27. The van der Waals surface area contributed by atoms with Gasteiger partial charge in [-0.3, -0.25) is 9.59 Å². The van der Waals surface area contributed by atoms with Crippen LogP contribution in [0.15, 0.2) is 42.2 Å². The highest BCUT2D eigenvalue weighted by Crippen LogP contribution is 2.44. The van der Waals surface area contributed by atoms with Gasteiger partial charge in [-0.15, -0.1) is 0 Å². The molecule has 0 amide bonds. The first-order chi connectivity index (χ1) is 13.5. The Hall–Kier alpha value is -0.700. The Morgan fingerprint density at radius 3 is 1.24 bits per heavy atom. The van der Waals surface area contributed by atoms with Gasteiger partial charge in [0.2, 0.25) is 0 Å². The normalized spacial score (nSPS) is 11.3. The molecule has 2 aromatic carbocycles. The zero-order chi connectivity index (χ0) is 21.9. The van der Waals surface area contributed by atoms with E-state index in [-0.39, 0.29) is 11.9 Å². The second-order valence-electron chi connectivity index (χ2n) is 6.82. The Morgan fingerprint density at radius 1 is 0.724 bits per heavy atom. The van der Waals surface area contributed by atoms with Crippen LogP contribution in [-0.4, -0.2) is 11.9 Å². The number of carbonyl (C=O) groups is 2. The van der Waals surface area contributed by atoms with Crippen LogP contribution in [-0.2, 0) is 15.0 Å². The van der Waals surface area contributed by atoms with Crippen LogP contribution in [0.3, 0.4) is 0 Å². The topological polar surface area (TPSA) is 52.6 Å². The lowest BCUT2D eigenvalue weighted by atomic mass is 9.78. The van der Waals surface area contributed by atoms with E-state index in [1.807, 2.05) is 24.3 Å². The second-order valence-corrected chi connectivity index (χ2v) is 10.2. The minimum atomic E-state index is -0.392. The molecule has 0 aliphatic carbocycles. The molecule has 0 atom stereocenters. The first-order valence-corrected chi connectivity index (χ1v) is 12.1. The maximum absolute atomic E-state index is 11.7. The monoisotopic (exact) mass is 652 g/mol. The van der Waals surface area contributed by atoms with E-state index in [4.69, 9.17) is 9.47 Å². The summed E-state index contributed by atoms with van der Waals surface area (Å²) in [5.74, 6) is 0.313. The molecule has 0 heterocycles. The molecular weight excluding hydrogens is 636 g/mol. The first kappa shape index (κ1) is 24.6. The molecule has 0 aromatic heterocycles. The molecule has 0 saturated carbocycles. The van der Waals surface area contributed by atoms with Crippen molar-refractivity contribution in [2.45, 2.75) is 46.0 Å². The largest absolute Gasteiger partial charge is 0.424 e. The standard InChI is InChI=1S/C21H20Br4O4/c1-5-17(26)28-19-13(22)7-11(8-14(19)23)21(3,4)12-9-15(24)20(16(25)10-12)29-18(27)6-2/h7-10H,5-6H2,1-4H3. The number of hydrogen-bond acceptors (Lipinski definition) is 4. The molecule has 156 valence electrons. The summed E-state index contributed by atoms with van der Waals surface area (Å²) in [5, 5.41) is 0. The summed E-state index contributed by atoms with van der Waals surface area (Å²) in [6.45, 7) is 7.67. The minimum Gasteiger partial charge on any atom is -0.424 e. The number of esters is 2. The fourth-order valence-electron chi connectivity index (χ4n) is 2.58. The van der Waals surface area contributed by atoms with Gasteiger partial charge in [-0.05, 0) is 99.1 Å². The molecule has 0 saturated heterocycles. The Kier molecular flexibility index (Phi) is 8.53. The van der Waals surface area contributed by atoms with E-state index in [9.17, 15) is 9.59 Å². The van der Waals surface area contributed by atoms with Gasteiger partial charge < -0.3 is 9.47 Å². The van der Waals surface area contributed by atoms with Crippen molar-refractivity contribution in [1.82, 2.24) is 0 Å². The van der Waals surface area contributed by atoms with E-state index in [2.05, 4.69) is 77.6 Å². The summed E-state index contributed by atoms with van der Waals surface area (Å²) >= 11 is 14.1. The van der Waals surface area contributed by atoms with E-state index in [1.54, 1.807) is 13.8 Å². The highest BCUT2D eigenvalue weighted by Gasteiger charge is 2.28. The summed E-state index contributed by atoms with van der Waals surface area (Å²) < 4.78 is 13.5. The van der Waals surface area contributed by atoms with Crippen molar-refractivity contribution >= 4 is 75.7 Å². The average molecular weight is 656 g/mol. The molecule has 0 aliphatic heterocycles. The number of ether oxygens (including phenoxy) is 2. The smallest absolute Gasteiger partial charge is 0.310 e. The van der Waals surface area contributed by atoms with E-state index in [0.29, 0.717) is 42.2 Å². The van der Waals surface area contributed by atoms with Crippen molar-refractivity contribution < 1.29 is 19.1 Å². The van der Waals surface area contributed by atoms with Crippen LogP contribution < -0.4 is 9.47 Å². The summed E-state index contributed by atoms with van der Waals surface area (Å²) in [6.07, 6.45) is 0.590. The Bertz CT molecular complexity index is 832. The van der Waals surface area contributed by atoms with Gasteiger partial charge in [0.05, 0.1) is 17.9 Å². The summed E-state index contributed by atoms with van der Waals surface area (Å²) in [7, 11) is 0. The van der Waals surface area contributed by atoms with E-state index in [1.165, 1.54) is 0 Å². The molecule has 0 N–H and O–H groups in total. The van der Waals surface area contributed by atoms with Crippen molar-refractivity contribution in [3.8, 4) is 11.5 Å². The van der Waals surface area contributed by atoms with Gasteiger partial charge in [-0.2, -0.15) is 0 Å². The van der Waals surface area contributed by atoms with Crippen molar-refractivity contribution in [3.63, 3.8) is 0 Å². The molecule has 29 heavy (non-hydrogen) atoms. The van der Waals surface area contributed by atoms with Gasteiger partial charge in [-0.25, -0.2) is 0 Å². The number of halogens is 4. The highest BCUT2D eigenvalue weighted by molar-refractivity contribution is 9.11. The lowest BCUT2D eigenvalue weighted by Crippen LogP contribution is -2.20. The maximum Gasteiger partial charge on any atom is 0.310 e. The number of carbonyl (C=O) groups excluding carboxylic acids is 2. The van der Waals surface area contributed by atoms with Gasteiger partial charge in [-0.1, -0.05) is 27.7 Å². The number of hydrogen-bond donors (Lipinski definition) is 0. The molecule has 4 nitrogen and oxygen atoms in total. The quantitative estimate of drug-likeness (QED) is 0.237. The molecule has 0 unspecified atom stereocenters. The van der Waals surface area contributed by atoms with E-state index >= 15 is 0 Å². The Labute approximate surface area is 204 Å². The molecule has 2 aromatic rings. The zero-order valence-electron chi connectivity index (χ0n) is 16.4. The molecule has 0 fully saturated rings. The average Bonchev–Trinajstić information content (AvgIpc) is 2.66. The molecule has 2 rings (SSSR count). The van der Waals surface area contributed by atoms with E-state index in [0.717, 1.165) is 11.1 Å². The van der Waals surface area contributed by atoms with Gasteiger partial charge in [0.1, 0.15) is 0 Å². The second kappa shape index (κ2) is 10.1. The minimum absolute atomic E-state index is 0.295. The summed E-state index contributed by atoms with van der Waals surface area (Å²) in [6, 6.07) is 7.76. The Balaban J connectivity index is 2.47. The van der Waals surface area contributed by atoms with Crippen LogP contribution in [0.1, 0.15) is 51.7 Å². The summed E-state index contributed by atoms with van der Waals surface area (Å²) in [5.41, 5.74) is 1.62. The number of benzene rings is 2. The first-order valence-electron chi connectivity index (χ1n) is 8.91. The third-order valence-corrected chi connectivity index (χ3v) is 6.81. The molecule has 8 heteroatoms. The lowest BCUT2D eigenvalue weighted by Gasteiger charge is -2.28. The van der Waals surface area contributed by atoms with Crippen molar-refractivity contribution in [2.75, 3.05) is 0 Å². The molecule has 0 radical (unpaired) electrons. The fraction of sp³-hybridized carbons (Fsp3) is 0.333. The third-order valence-electron chi connectivity index (χ3n) is 4.45. The van der Waals surface area contributed by atoms with Crippen LogP contribution in [0.5, 0.6) is 11.5 Å². The van der Waals surface area contributed by atoms with Crippen LogP contribution in [0, 0.1) is 0 Å². The predicted molar refractivity (Wildman–Crippen MR) is 128 cm³/mol. The number of rotatable bonds is 6. The molecular formula is C21H20Br4O4. The Morgan fingerprint density at radius 2 is 1.00 bits per heavy atom. The van der Waals surface area contributed by atoms with Crippen molar-refractivity contribution in [2.24, 2.45) is 0 Å². The van der Waals surface area contributed by atoms with Crippen LogP contribution >= 0.6 is 63.7 Å². The SMILES string of the molecule is CCC(=O)Oc1c(Br)cc(C(C)(C)c2cc(Br)c(OC(=O)CC)c(Br)c2)cc1Br. The van der Waals surface area contributed by atoms with Gasteiger partial charge in [0, 0.05) is 18.3 Å². The van der Waals surface area contributed by atoms with E-state index < -0.39 is 5.41 Å². The molecule has 0 bridgehead atoms. The van der Waals surface area contributed by atoms with Crippen LogP contribution in [0.4, 0.5) is 0 Å². The third kappa shape index (κ3) is 5.71. The lowest BCUT2D eigenvalue weighted by molar-refractivity contribution is -0.135. The molecule has 0 aliphatic rings. The molecule has 0 spiro atoms. The zero-order valence-corrected chi connectivity index (χ0v) is 22.7. The predicted octanol–water partition coefficient (Wildman–Crippen LogP) is 7.69.